The highest BCUT2D eigenvalue weighted by atomic mass is 16.5. The highest BCUT2D eigenvalue weighted by Crippen LogP contribution is 2.26. The van der Waals surface area contributed by atoms with Gasteiger partial charge >= 0.3 is 0 Å². The molecule has 0 saturated heterocycles. The van der Waals surface area contributed by atoms with Crippen molar-refractivity contribution < 1.29 is 32.9 Å². The molecule has 2 heterocycles. The van der Waals surface area contributed by atoms with Gasteiger partial charge in [-0.25, -0.2) is 0 Å². The van der Waals surface area contributed by atoms with E-state index in [-0.39, 0.29) is 23.5 Å². The lowest BCUT2D eigenvalue weighted by Crippen LogP contribution is -2.21. The van der Waals surface area contributed by atoms with Crippen molar-refractivity contribution in [3.05, 3.63) is 82.6 Å². The molecule has 0 saturated carbocycles. The quantitative estimate of drug-likeness (QED) is 0.459. The van der Waals surface area contributed by atoms with Crippen molar-refractivity contribution >= 4 is 16.9 Å². The first kappa shape index (κ1) is 19.1. The molecule has 152 valence electrons. The monoisotopic (exact) mass is 407 g/mol. The minimum Gasteiger partial charge on any atom is -0.542 e. The first-order valence-electron chi connectivity index (χ1n) is 8.84. The molecule has 0 aliphatic carbocycles. The highest BCUT2D eigenvalue weighted by Gasteiger charge is 2.11. The molecule has 0 N–H and O–H groups in total. The minimum absolute atomic E-state index is 0.0000532. The average molecular weight is 407 g/mol. The summed E-state index contributed by atoms with van der Waals surface area (Å²) in [6.45, 7) is 0.0000532. The first-order chi connectivity index (χ1) is 14.5. The van der Waals surface area contributed by atoms with Crippen molar-refractivity contribution in [1.29, 1.82) is 0 Å². The molecule has 2 aromatic heterocycles. The number of carboxylic acids is 1. The predicted octanol–water partition coefficient (Wildman–Crippen LogP) is 3.13. The maximum Gasteiger partial charge on any atom is 0.235 e. The van der Waals surface area contributed by atoms with Crippen LogP contribution in [0.2, 0.25) is 0 Å². The predicted molar refractivity (Wildman–Crippen MR) is 103 cm³/mol. The molecule has 0 fully saturated rings. The normalized spacial score (nSPS) is 10.7. The van der Waals surface area contributed by atoms with Crippen LogP contribution in [0.1, 0.15) is 16.3 Å². The largest absolute Gasteiger partial charge is 0.542 e. The summed E-state index contributed by atoms with van der Waals surface area (Å²) in [5.41, 5.74) is -0.0272. The summed E-state index contributed by atoms with van der Waals surface area (Å²) in [5.74, 6) is 0.131. The van der Waals surface area contributed by atoms with Gasteiger partial charge in [-0.05, 0) is 36.4 Å². The Kier molecular flexibility index (Phi) is 5.13. The van der Waals surface area contributed by atoms with Crippen molar-refractivity contribution in [2.45, 2.75) is 6.61 Å². The van der Waals surface area contributed by atoms with Gasteiger partial charge in [0.15, 0.2) is 0 Å². The summed E-state index contributed by atoms with van der Waals surface area (Å²) in [6.07, 6.45) is 1.23. The maximum atomic E-state index is 12.7. The number of rotatable bonds is 7. The van der Waals surface area contributed by atoms with E-state index in [0.29, 0.717) is 34.0 Å². The van der Waals surface area contributed by atoms with Gasteiger partial charge in [0.25, 0.3) is 0 Å². The van der Waals surface area contributed by atoms with Gasteiger partial charge in [0.2, 0.25) is 11.2 Å². The zero-order valence-corrected chi connectivity index (χ0v) is 15.7. The number of carbonyl (C=O) groups excluding carboxylic acids is 1. The topological polar surface area (TPSA) is 111 Å². The van der Waals surface area contributed by atoms with Crippen LogP contribution in [-0.4, -0.2) is 13.1 Å². The number of carboxylic acid groups (broad SMARTS) is 1. The molecule has 4 aromatic rings. The second-order valence-corrected chi connectivity index (χ2v) is 6.21. The number of methoxy groups -OCH3 is 1. The molecule has 8 heteroatoms. The zero-order chi connectivity index (χ0) is 21.1. The van der Waals surface area contributed by atoms with E-state index < -0.39 is 5.97 Å². The second kappa shape index (κ2) is 8.04. The van der Waals surface area contributed by atoms with E-state index in [1.165, 1.54) is 25.5 Å². The average Bonchev–Trinajstić information content (AvgIpc) is 3.24. The lowest BCUT2D eigenvalue weighted by molar-refractivity contribution is -0.257. The number of hydrogen-bond acceptors (Lipinski definition) is 8. The Labute approximate surface area is 169 Å². The molecular weight excluding hydrogens is 392 g/mol. The van der Waals surface area contributed by atoms with Crippen LogP contribution in [0.3, 0.4) is 0 Å². The number of fused-ring (bicyclic) bond motifs is 1. The molecule has 0 aliphatic heterocycles. The standard InChI is InChI=1S/C22H16O8/c1-26-13-3-2-4-15(9-13)29-20-12-28-19-10-14(5-7-17(19)21(20)23)27-11-16-6-8-18(30-16)22(24)25/h2-10,12H,11H2,1H3,(H,24,25)/p-1. The number of furan rings is 1. The summed E-state index contributed by atoms with van der Waals surface area (Å²) in [5, 5.41) is 11.1. The van der Waals surface area contributed by atoms with E-state index in [2.05, 4.69) is 0 Å². The highest BCUT2D eigenvalue weighted by molar-refractivity contribution is 5.82. The van der Waals surface area contributed by atoms with Crippen LogP contribution in [0.5, 0.6) is 23.0 Å². The Morgan fingerprint density at radius 2 is 1.87 bits per heavy atom. The number of benzene rings is 2. The Bertz CT molecular complexity index is 1270. The zero-order valence-electron chi connectivity index (χ0n) is 15.7. The third-order valence-electron chi connectivity index (χ3n) is 4.23. The molecule has 0 atom stereocenters. The SMILES string of the molecule is COc1cccc(Oc2coc3cc(OCc4ccc(C(=O)[O-])o4)ccc3c2=O)c1. The van der Waals surface area contributed by atoms with Gasteiger partial charge in [-0.2, -0.15) is 0 Å². The van der Waals surface area contributed by atoms with Gasteiger partial charge in [0.1, 0.15) is 53.2 Å². The van der Waals surface area contributed by atoms with Crippen LogP contribution in [0, 0.1) is 0 Å². The lowest BCUT2D eigenvalue weighted by atomic mass is 10.2. The van der Waals surface area contributed by atoms with E-state index >= 15 is 0 Å². The third kappa shape index (κ3) is 3.97. The molecule has 0 spiro atoms. The van der Waals surface area contributed by atoms with Crippen LogP contribution in [0.4, 0.5) is 0 Å². The Balaban J connectivity index is 1.53. The molecule has 8 nitrogen and oxygen atoms in total. The molecule has 2 aromatic carbocycles. The molecule has 0 radical (unpaired) electrons. The van der Waals surface area contributed by atoms with Gasteiger partial charge in [-0.1, -0.05) is 6.07 Å². The fourth-order valence-electron chi connectivity index (χ4n) is 2.76. The van der Waals surface area contributed by atoms with Crippen LogP contribution in [0.15, 0.2) is 74.5 Å². The smallest absolute Gasteiger partial charge is 0.235 e. The van der Waals surface area contributed by atoms with Crippen molar-refractivity contribution in [2.24, 2.45) is 0 Å². The third-order valence-corrected chi connectivity index (χ3v) is 4.23. The summed E-state index contributed by atoms with van der Waals surface area (Å²) in [6, 6.07) is 14.3. The molecule has 0 amide bonds. The summed E-state index contributed by atoms with van der Waals surface area (Å²) in [7, 11) is 1.54. The summed E-state index contributed by atoms with van der Waals surface area (Å²) in [4.78, 5) is 23.4. The second-order valence-electron chi connectivity index (χ2n) is 6.21. The van der Waals surface area contributed by atoms with E-state index in [0.717, 1.165) is 0 Å². The molecular formula is C22H15O8-. The number of hydrogen-bond donors (Lipinski definition) is 0. The fourth-order valence-corrected chi connectivity index (χ4v) is 2.76. The van der Waals surface area contributed by atoms with Crippen molar-refractivity contribution in [3.63, 3.8) is 0 Å². The summed E-state index contributed by atoms with van der Waals surface area (Å²) >= 11 is 0. The van der Waals surface area contributed by atoms with Crippen molar-refractivity contribution in [1.82, 2.24) is 0 Å². The molecule has 0 unspecified atom stereocenters. The lowest BCUT2D eigenvalue weighted by Gasteiger charge is -2.08. The van der Waals surface area contributed by atoms with Gasteiger partial charge in [0.05, 0.1) is 12.5 Å². The van der Waals surface area contributed by atoms with E-state index in [4.69, 9.17) is 23.0 Å². The maximum absolute atomic E-state index is 12.7. The number of aromatic carboxylic acids is 1. The molecule has 0 aliphatic rings. The Morgan fingerprint density at radius 1 is 1.03 bits per heavy atom. The van der Waals surface area contributed by atoms with Crippen LogP contribution < -0.4 is 24.7 Å². The van der Waals surface area contributed by atoms with Gasteiger partial charge in [-0.15, -0.1) is 0 Å². The molecule has 4 rings (SSSR count). The molecule has 0 bridgehead atoms. The van der Waals surface area contributed by atoms with Crippen molar-refractivity contribution in [2.75, 3.05) is 7.11 Å². The van der Waals surface area contributed by atoms with Crippen molar-refractivity contribution in [3.8, 4) is 23.0 Å². The van der Waals surface area contributed by atoms with Crippen LogP contribution in [0.25, 0.3) is 11.0 Å². The van der Waals surface area contributed by atoms with Crippen LogP contribution in [-0.2, 0) is 6.61 Å². The Morgan fingerprint density at radius 3 is 2.63 bits per heavy atom. The van der Waals surface area contributed by atoms with E-state index in [1.54, 1.807) is 42.5 Å². The van der Waals surface area contributed by atoms with Crippen LogP contribution >= 0.6 is 0 Å². The van der Waals surface area contributed by atoms with E-state index in [1.807, 2.05) is 0 Å². The van der Waals surface area contributed by atoms with Gasteiger partial charge < -0.3 is 32.9 Å². The summed E-state index contributed by atoms with van der Waals surface area (Å²) < 4.78 is 27.0. The number of carbonyl (C=O) groups is 1. The van der Waals surface area contributed by atoms with Gasteiger partial charge in [0, 0.05) is 12.1 Å². The Hall–Kier alpha value is -4.20. The minimum atomic E-state index is -1.40. The van der Waals surface area contributed by atoms with Gasteiger partial charge in [-0.3, -0.25) is 4.79 Å². The molecule has 30 heavy (non-hydrogen) atoms. The first-order valence-corrected chi connectivity index (χ1v) is 8.84. The van der Waals surface area contributed by atoms with E-state index in [9.17, 15) is 14.7 Å². The number of ether oxygens (including phenoxy) is 3. The fraction of sp³-hybridized carbons (Fsp3) is 0.0909.